The summed E-state index contributed by atoms with van der Waals surface area (Å²) in [7, 11) is -3.91. The molecule has 0 radical (unpaired) electrons. The topological polar surface area (TPSA) is 75.7 Å². The molecule has 166 valence electrons. The second-order valence-electron chi connectivity index (χ2n) is 8.04. The molecule has 0 aromatic heterocycles. The van der Waals surface area contributed by atoms with Gasteiger partial charge in [0.2, 0.25) is 0 Å². The van der Waals surface area contributed by atoms with Crippen molar-refractivity contribution in [1.82, 2.24) is 5.32 Å². The van der Waals surface area contributed by atoms with Crippen molar-refractivity contribution in [1.29, 1.82) is 0 Å². The highest BCUT2D eigenvalue weighted by Gasteiger charge is 2.38. The Labute approximate surface area is 188 Å². The fourth-order valence-corrected chi connectivity index (χ4v) is 6.04. The van der Waals surface area contributed by atoms with E-state index in [2.05, 4.69) is 5.32 Å². The van der Waals surface area contributed by atoms with Crippen LogP contribution in [0, 0.1) is 20.8 Å². The summed E-state index contributed by atoms with van der Waals surface area (Å²) in [4.78, 5) is 13.2. The van der Waals surface area contributed by atoms with Crippen molar-refractivity contribution >= 4 is 21.6 Å². The quantitative estimate of drug-likeness (QED) is 0.640. The van der Waals surface area contributed by atoms with Crippen molar-refractivity contribution in [3.63, 3.8) is 0 Å². The van der Waals surface area contributed by atoms with Gasteiger partial charge in [-0.15, -0.1) is 0 Å². The number of anilines is 1. The Morgan fingerprint density at radius 1 is 1.00 bits per heavy atom. The van der Waals surface area contributed by atoms with Gasteiger partial charge >= 0.3 is 0 Å². The summed E-state index contributed by atoms with van der Waals surface area (Å²) in [5, 5.41) is 2.86. The van der Waals surface area contributed by atoms with Gasteiger partial charge in [-0.25, -0.2) is 8.42 Å². The average Bonchev–Trinajstić information content (AvgIpc) is 2.76. The highest BCUT2D eigenvalue weighted by atomic mass is 32.2. The van der Waals surface area contributed by atoms with E-state index >= 15 is 0 Å². The number of sulfonamides is 1. The van der Waals surface area contributed by atoms with E-state index in [4.69, 9.17) is 4.74 Å². The number of amides is 1. The second-order valence-corrected chi connectivity index (χ2v) is 9.84. The molecule has 1 amide bonds. The number of benzene rings is 3. The largest absolute Gasteiger partial charge is 0.476 e. The molecule has 3 aromatic carbocycles. The average molecular weight is 451 g/mol. The van der Waals surface area contributed by atoms with Crippen LogP contribution in [0.3, 0.4) is 0 Å². The van der Waals surface area contributed by atoms with E-state index in [1.54, 1.807) is 38.1 Å². The SMILES string of the molecule is Cc1cc(C)c(S(=O)(=O)N2C[C@@H](C(=O)NCc3ccccc3)Oc3ccccc32)c(C)c1. The van der Waals surface area contributed by atoms with Gasteiger partial charge < -0.3 is 10.1 Å². The number of aryl methyl sites for hydroxylation is 3. The zero-order valence-electron chi connectivity index (χ0n) is 18.3. The number of rotatable bonds is 5. The number of carbonyl (C=O) groups excluding carboxylic acids is 1. The van der Waals surface area contributed by atoms with Gasteiger partial charge in [0, 0.05) is 6.54 Å². The molecule has 0 bridgehead atoms. The smallest absolute Gasteiger partial charge is 0.265 e. The molecular formula is C25H26N2O4S. The highest BCUT2D eigenvalue weighted by Crippen LogP contribution is 2.38. The Morgan fingerprint density at radius 2 is 1.62 bits per heavy atom. The number of nitrogens with zero attached hydrogens (tertiary/aromatic N) is 1. The predicted molar refractivity (Wildman–Crippen MR) is 124 cm³/mol. The minimum Gasteiger partial charge on any atom is -0.476 e. The zero-order chi connectivity index (χ0) is 22.9. The summed E-state index contributed by atoms with van der Waals surface area (Å²) in [5.41, 5.74) is 3.74. The maximum atomic E-state index is 13.8. The molecule has 0 saturated heterocycles. The van der Waals surface area contributed by atoms with Crippen LogP contribution in [0.4, 0.5) is 5.69 Å². The van der Waals surface area contributed by atoms with E-state index in [1.165, 1.54) is 4.31 Å². The van der Waals surface area contributed by atoms with Crippen molar-refractivity contribution in [2.75, 3.05) is 10.8 Å². The van der Waals surface area contributed by atoms with Gasteiger partial charge in [-0.05, 0) is 49.6 Å². The summed E-state index contributed by atoms with van der Waals surface area (Å²) in [6, 6.07) is 20.1. The van der Waals surface area contributed by atoms with Crippen molar-refractivity contribution in [3.8, 4) is 5.75 Å². The molecule has 1 heterocycles. The van der Waals surface area contributed by atoms with Crippen molar-refractivity contribution < 1.29 is 17.9 Å². The molecule has 0 fully saturated rings. The second kappa shape index (κ2) is 8.67. The first-order chi connectivity index (χ1) is 15.3. The van der Waals surface area contributed by atoms with Crippen molar-refractivity contribution in [3.05, 3.63) is 89.0 Å². The number of hydrogen-bond acceptors (Lipinski definition) is 4. The van der Waals surface area contributed by atoms with Crippen LogP contribution >= 0.6 is 0 Å². The van der Waals surface area contributed by atoms with E-state index in [1.807, 2.05) is 49.4 Å². The van der Waals surface area contributed by atoms with Gasteiger partial charge in [0.1, 0.15) is 5.75 Å². The Kier molecular flexibility index (Phi) is 5.93. The van der Waals surface area contributed by atoms with E-state index in [0.29, 0.717) is 29.1 Å². The molecule has 0 saturated carbocycles. The number of ether oxygens (including phenoxy) is 1. The molecule has 0 spiro atoms. The number of fused-ring (bicyclic) bond motifs is 1. The van der Waals surface area contributed by atoms with E-state index in [0.717, 1.165) is 11.1 Å². The summed E-state index contributed by atoms with van der Waals surface area (Å²) < 4.78 is 34.8. The molecule has 6 nitrogen and oxygen atoms in total. The summed E-state index contributed by atoms with van der Waals surface area (Å²) >= 11 is 0. The minimum atomic E-state index is -3.91. The third-order valence-electron chi connectivity index (χ3n) is 5.49. The van der Waals surface area contributed by atoms with Crippen LogP contribution in [0.5, 0.6) is 5.75 Å². The van der Waals surface area contributed by atoms with Crippen LogP contribution in [-0.2, 0) is 21.4 Å². The summed E-state index contributed by atoms with van der Waals surface area (Å²) in [5.74, 6) is 0.00510. The fourth-order valence-electron chi connectivity index (χ4n) is 4.15. The van der Waals surface area contributed by atoms with Gasteiger partial charge in [-0.1, -0.05) is 60.2 Å². The number of nitrogens with one attached hydrogen (secondary N) is 1. The summed E-state index contributed by atoms with van der Waals surface area (Å²) in [6.45, 7) is 5.76. The number of para-hydroxylation sites is 2. The molecule has 0 unspecified atom stereocenters. The third-order valence-corrected chi connectivity index (χ3v) is 7.58. The number of hydrogen-bond donors (Lipinski definition) is 1. The molecule has 0 aliphatic carbocycles. The maximum absolute atomic E-state index is 13.8. The van der Waals surface area contributed by atoms with Gasteiger partial charge in [-0.3, -0.25) is 9.10 Å². The minimum absolute atomic E-state index is 0.104. The Balaban J connectivity index is 1.67. The summed E-state index contributed by atoms with van der Waals surface area (Å²) in [6.07, 6.45) is -0.963. The van der Waals surface area contributed by atoms with Crippen LogP contribution in [-0.4, -0.2) is 27.0 Å². The normalized spacial score (nSPS) is 15.6. The van der Waals surface area contributed by atoms with Crippen molar-refractivity contribution in [2.24, 2.45) is 0 Å². The molecule has 4 rings (SSSR count). The molecule has 1 atom stereocenters. The zero-order valence-corrected chi connectivity index (χ0v) is 19.1. The highest BCUT2D eigenvalue weighted by molar-refractivity contribution is 7.93. The predicted octanol–water partition coefficient (Wildman–Crippen LogP) is 3.88. The van der Waals surface area contributed by atoms with Crippen LogP contribution in [0.2, 0.25) is 0 Å². The first-order valence-electron chi connectivity index (χ1n) is 10.5. The lowest BCUT2D eigenvalue weighted by atomic mass is 10.1. The first-order valence-corrected chi connectivity index (χ1v) is 11.9. The molecule has 1 aliphatic heterocycles. The lowest BCUT2D eigenvalue weighted by Crippen LogP contribution is -2.50. The van der Waals surface area contributed by atoms with Crippen LogP contribution in [0.15, 0.2) is 71.6 Å². The lowest BCUT2D eigenvalue weighted by molar-refractivity contribution is -0.127. The van der Waals surface area contributed by atoms with Crippen LogP contribution < -0.4 is 14.4 Å². The van der Waals surface area contributed by atoms with Crippen molar-refractivity contribution in [2.45, 2.75) is 38.3 Å². The Hall–Kier alpha value is -3.32. The van der Waals surface area contributed by atoms with E-state index in [9.17, 15) is 13.2 Å². The molecule has 7 heteroatoms. The molecule has 1 aliphatic rings. The molecule has 1 N–H and O–H groups in total. The van der Waals surface area contributed by atoms with Crippen LogP contribution in [0.1, 0.15) is 22.3 Å². The van der Waals surface area contributed by atoms with Gasteiger partial charge in [0.15, 0.2) is 6.10 Å². The van der Waals surface area contributed by atoms with E-state index in [-0.39, 0.29) is 17.3 Å². The van der Waals surface area contributed by atoms with Crippen LogP contribution in [0.25, 0.3) is 0 Å². The number of carbonyl (C=O) groups is 1. The lowest BCUT2D eigenvalue weighted by Gasteiger charge is -2.35. The monoisotopic (exact) mass is 450 g/mol. The molecule has 3 aromatic rings. The van der Waals surface area contributed by atoms with Gasteiger partial charge in [0.05, 0.1) is 17.1 Å². The maximum Gasteiger partial charge on any atom is 0.265 e. The van der Waals surface area contributed by atoms with Gasteiger partial charge in [0.25, 0.3) is 15.9 Å². The van der Waals surface area contributed by atoms with Gasteiger partial charge in [-0.2, -0.15) is 0 Å². The Morgan fingerprint density at radius 3 is 2.31 bits per heavy atom. The van der Waals surface area contributed by atoms with E-state index < -0.39 is 16.1 Å². The standard InChI is InChI=1S/C25H26N2O4S/c1-17-13-18(2)24(19(3)14-17)32(29,30)27-16-23(31-22-12-8-7-11-21(22)27)25(28)26-15-20-9-5-4-6-10-20/h4-14,23H,15-16H2,1-3H3,(H,26,28)/t23-/m0/s1. The fraction of sp³-hybridized carbons (Fsp3) is 0.240. The molecule has 32 heavy (non-hydrogen) atoms. The Bertz CT molecular complexity index is 1230. The third kappa shape index (κ3) is 4.21. The first kappa shape index (κ1) is 21.9. The molecular weight excluding hydrogens is 424 g/mol.